The summed E-state index contributed by atoms with van der Waals surface area (Å²) in [6.45, 7) is 1.21. The highest BCUT2D eigenvalue weighted by Gasteiger charge is 2.18. The highest BCUT2D eigenvalue weighted by molar-refractivity contribution is 5.84. The van der Waals surface area contributed by atoms with Gasteiger partial charge in [-0.05, 0) is 0 Å². The lowest BCUT2D eigenvalue weighted by Crippen LogP contribution is -2.32. The minimum absolute atomic E-state index is 0.0951. The van der Waals surface area contributed by atoms with Crippen molar-refractivity contribution in [3.8, 4) is 5.88 Å². The minimum atomic E-state index is -1.10. The van der Waals surface area contributed by atoms with Crippen LogP contribution < -0.4 is 4.74 Å². The van der Waals surface area contributed by atoms with E-state index in [0.29, 0.717) is 12.5 Å². The van der Waals surface area contributed by atoms with Gasteiger partial charge in [0.1, 0.15) is 6.61 Å². The topological polar surface area (TPSA) is 81.5 Å². The van der Waals surface area contributed by atoms with Crippen molar-refractivity contribution in [1.29, 1.82) is 0 Å². The normalized spacial score (nSPS) is 19.3. The summed E-state index contributed by atoms with van der Waals surface area (Å²) in [4.78, 5) is 18.0. The van der Waals surface area contributed by atoms with Gasteiger partial charge < -0.3 is 14.6 Å². The Morgan fingerprint density at radius 3 is 2.87 bits per heavy atom. The third kappa shape index (κ3) is 2.41. The first-order chi connectivity index (χ1) is 7.25. The van der Waals surface area contributed by atoms with Gasteiger partial charge in [-0.15, -0.1) is 0 Å². The molecule has 0 amide bonds. The van der Waals surface area contributed by atoms with Crippen LogP contribution in [0.25, 0.3) is 0 Å². The fourth-order valence-electron chi connectivity index (χ4n) is 1.10. The summed E-state index contributed by atoms with van der Waals surface area (Å²) in [5.41, 5.74) is -0.0951. The first kappa shape index (κ1) is 9.85. The van der Waals surface area contributed by atoms with Gasteiger partial charge in [-0.1, -0.05) is 0 Å². The molecule has 6 nitrogen and oxygen atoms in total. The molecule has 0 aliphatic carbocycles. The zero-order valence-electron chi connectivity index (χ0n) is 7.92. The number of aromatic carboxylic acids is 1. The van der Waals surface area contributed by atoms with Crippen LogP contribution in [0.4, 0.5) is 0 Å². The van der Waals surface area contributed by atoms with Crippen LogP contribution in [0.15, 0.2) is 12.4 Å². The average Bonchev–Trinajstić information content (AvgIpc) is 2.16. The fourth-order valence-corrected chi connectivity index (χ4v) is 1.10. The molecule has 0 aromatic carbocycles. The molecule has 0 spiro atoms. The smallest absolute Gasteiger partial charge is 0.356 e. The Bertz CT molecular complexity index is 348. The Kier molecular flexibility index (Phi) is 2.77. The molecule has 0 radical (unpaired) electrons. The van der Waals surface area contributed by atoms with E-state index in [1.807, 2.05) is 0 Å². The molecule has 1 N–H and O–H groups in total. The Morgan fingerprint density at radius 2 is 2.40 bits per heavy atom. The van der Waals surface area contributed by atoms with Crippen molar-refractivity contribution in [2.45, 2.75) is 12.5 Å². The van der Waals surface area contributed by atoms with Crippen molar-refractivity contribution >= 4 is 5.97 Å². The minimum Gasteiger partial charge on any atom is -0.476 e. The number of carbonyl (C=O) groups is 1. The molecule has 6 heteroatoms. The van der Waals surface area contributed by atoms with Crippen LogP contribution in [0.5, 0.6) is 5.88 Å². The first-order valence-electron chi connectivity index (χ1n) is 4.55. The molecule has 15 heavy (non-hydrogen) atoms. The summed E-state index contributed by atoms with van der Waals surface area (Å²) in [7, 11) is 0. The van der Waals surface area contributed by atoms with Crippen LogP contribution in [0.3, 0.4) is 0 Å². The van der Waals surface area contributed by atoms with Gasteiger partial charge >= 0.3 is 5.97 Å². The average molecular weight is 210 g/mol. The van der Waals surface area contributed by atoms with Gasteiger partial charge in [0.15, 0.2) is 5.69 Å². The van der Waals surface area contributed by atoms with Gasteiger partial charge in [0.25, 0.3) is 0 Å². The molecule has 80 valence electrons. The number of hydrogen-bond donors (Lipinski definition) is 1. The molecule has 1 fully saturated rings. The first-order valence-corrected chi connectivity index (χ1v) is 4.55. The molecule has 2 rings (SSSR count). The van der Waals surface area contributed by atoms with E-state index in [4.69, 9.17) is 14.6 Å². The number of carboxylic acids is 1. The second-order valence-electron chi connectivity index (χ2n) is 3.14. The molecule has 1 saturated heterocycles. The van der Waals surface area contributed by atoms with Gasteiger partial charge in [-0.25, -0.2) is 14.8 Å². The molecular formula is C9H10N2O4. The third-order valence-corrected chi connectivity index (χ3v) is 2.06. The van der Waals surface area contributed by atoms with Crippen LogP contribution in [0.1, 0.15) is 16.9 Å². The van der Waals surface area contributed by atoms with Crippen molar-refractivity contribution in [2.24, 2.45) is 0 Å². The van der Waals surface area contributed by atoms with E-state index in [1.165, 1.54) is 12.4 Å². The lowest BCUT2D eigenvalue weighted by molar-refractivity contribution is -0.0727. The van der Waals surface area contributed by atoms with E-state index in [1.54, 1.807) is 0 Å². The van der Waals surface area contributed by atoms with Crippen molar-refractivity contribution in [3.63, 3.8) is 0 Å². The summed E-state index contributed by atoms with van der Waals surface area (Å²) < 4.78 is 10.4. The second kappa shape index (κ2) is 4.22. The van der Waals surface area contributed by atoms with Crippen LogP contribution in [-0.4, -0.2) is 40.4 Å². The Labute approximate surface area is 85.9 Å². The molecule has 1 unspecified atom stereocenters. The molecule has 2 heterocycles. The van der Waals surface area contributed by atoms with E-state index in [0.717, 1.165) is 13.0 Å². The highest BCUT2D eigenvalue weighted by Crippen LogP contribution is 2.12. The van der Waals surface area contributed by atoms with Crippen LogP contribution >= 0.6 is 0 Å². The fraction of sp³-hybridized carbons (Fsp3) is 0.444. The SMILES string of the molecule is O=C(O)c1cnc(OCC2CCO2)cn1. The van der Waals surface area contributed by atoms with Gasteiger partial charge in [0.05, 0.1) is 18.5 Å². The number of carboxylic acid groups (broad SMARTS) is 1. The van der Waals surface area contributed by atoms with Gasteiger partial charge in [-0.3, -0.25) is 0 Å². The van der Waals surface area contributed by atoms with Crippen LogP contribution in [-0.2, 0) is 4.74 Å². The molecule has 1 atom stereocenters. The highest BCUT2D eigenvalue weighted by atomic mass is 16.5. The lowest BCUT2D eigenvalue weighted by Gasteiger charge is -2.25. The maximum atomic E-state index is 10.5. The molecule has 1 aliphatic heterocycles. The van der Waals surface area contributed by atoms with Crippen LogP contribution in [0.2, 0.25) is 0 Å². The maximum absolute atomic E-state index is 10.5. The number of rotatable bonds is 4. The number of aromatic nitrogens is 2. The van der Waals surface area contributed by atoms with Gasteiger partial charge in [0, 0.05) is 13.0 Å². The third-order valence-electron chi connectivity index (χ3n) is 2.06. The van der Waals surface area contributed by atoms with Gasteiger partial charge in [0.2, 0.25) is 5.88 Å². The van der Waals surface area contributed by atoms with Crippen molar-refractivity contribution in [3.05, 3.63) is 18.1 Å². The largest absolute Gasteiger partial charge is 0.476 e. The summed E-state index contributed by atoms with van der Waals surface area (Å²) >= 11 is 0. The Balaban J connectivity index is 1.88. The second-order valence-corrected chi connectivity index (χ2v) is 3.14. The van der Waals surface area contributed by atoms with E-state index in [2.05, 4.69) is 9.97 Å². The van der Waals surface area contributed by atoms with Crippen molar-refractivity contribution in [2.75, 3.05) is 13.2 Å². The Morgan fingerprint density at radius 1 is 1.60 bits per heavy atom. The zero-order chi connectivity index (χ0) is 10.7. The standard InChI is InChI=1S/C9H10N2O4/c12-9(13)7-3-11-8(4-10-7)15-5-6-1-2-14-6/h3-4,6H,1-2,5H2,(H,12,13). The molecule has 0 bridgehead atoms. The quantitative estimate of drug-likeness (QED) is 0.771. The molecule has 0 saturated carbocycles. The monoisotopic (exact) mass is 210 g/mol. The molecular weight excluding hydrogens is 200 g/mol. The summed E-state index contributed by atoms with van der Waals surface area (Å²) in [6.07, 6.45) is 3.58. The summed E-state index contributed by atoms with van der Waals surface area (Å²) in [5, 5.41) is 8.58. The predicted octanol–water partition coefficient (Wildman–Crippen LogP) is 0.342. The van der Waals surface area contributed by atoms with E-state index in [-0.39, 0.29) is 11.8 Å². The molecule has 1 aromatic rings. The van der Waals surface area contributed by atoms with Crippen LogP contribution in [0, 0.1) is 0 Å². The van der Waals surface area contributed by atoms with E-state index in [9.17, 15) is 4.79 Å². The Hall–Kier alpha value is -1.69. The number of nitrogens with zero attached hydrogens (tertiary/aromatic N) is 2. The summed E-state index contributed by atoms with van der Waals surface area (Å²) in [5.74, 6) is -0.785. The van der Waals surface area contributed by atoms with E-state index < -0.39 is 5.97 Å². The van der Waals surface area contributed by atoms with Crippen molar-refractivity contribution in [1.82, 2.24) is 9.97 Å². The molecule has 1 aromatic heterocycles. The summed E-state index contributed by atoms with van der Waals surface area (Å²) in [6, 6.07) is 0. The maximum Gasteiger partial charge on any atom is 0.356 e. The van der Waals surface area contributed by atoms with Crippen molar-refractivity contribution < 1.29 is 19.4 Å². The predicted molar refractivity (Wildman–Crippen MR) is 48.8 cm³/mol. The van der Waals surface area contributed by atoms with E-state index >= 15 is 0 Å². The zero-order valence-corrected chi connectivity index (χ0v) is 7.92. The van der Waals surface area contributed by atoms with Gasteiger partial charge in [-0.2, -0.15) is 0 Å². The number of hydrogen-bond acceptors (Lipinski definition) is 5. The number of ether oxygens (including phenoxy) is 2. The lowest BCUT2D eigenvalue weighted by atomic mass is 10.2. The molecule has 1 aliphatic rings.